The molecule has 0 aliphatic heterocycles. The van der Waals surface area contributed by atoms with E-state index in [9.17, 15) is 4.79 Å². The molecule has 5 heteroatoms. The first-order valence-corrected chi connectivity index (χ1v) is 6.82. The number of ether oxygens (including phenoxy) is 1. The van der Waals surface area contributed by atoms with Gasteiger partial charge < -0.3 is 20.2 Å². The van der Waals surface area contributed by atoms with Crippen LogP contribution in [0.5, 0.6) is 5.75 Å². The number of nitrogens with two attached hydrogens (primary N) is 1. The number of nitrogen functional groups attached to an aromatic ring is 1. The second-order valence-corrected chi connectivity index (χ2v) is 4.86. The second-order valence-electron chi connectivity index (χ2n) is 4.86. The molecule has 22 heavy (non-hydrogen) atoms. The minimum atomic E-state index is -0.189. The molecule has 0 saturated carbocycles. The number of fused-ring (bicyclic) bond motifs is 1. The van der Waals surface area contributed by atoms with Gasteiger partial charge in [0.05, 0.1) is 12.5 Å². The molecule has 0 aliphatic rings. The molecule has 5 nitrogen and oxygen atoms in total. The minimum absolute atomic E-state index is 0.189. The van der Waals surface area contributed by atoms with Gasteiger partial charge in [-0.15, -0.1) is 0 Å². The average Bonchev–Trinajstić information content (AvgIpc) is 2.55. The highest BCUT2D eigenvalue weighted by Crippen LogP contribution is 2.31. The quantitative estimate of drug-likeness (QED) is 0.726. The largest absolute Gasteiger partial charge is 0.493 e. The smallest absolute Gasteiger partial charge is 0.195 e. The standard InChI is InChI=1S/C17H16N2O3/c1-19-11-5-3-10(4-6-11)15-9-13(20)16-12(18)7-8-14(21-2)17(16)22-15/h3-9,19H,18H2,1-2H3. The monoisotopic (exact) mass is 296 g/mol. The summed E-state index contributed by atoms with van der Waals surface area (Å²) in [6, 6.07) is 12.4. The molecule has 3 rings (SSSR count). The Morgan fingerprint density at radius 2 is 1.86 bits per heavy atom. The molecule has 112 valence electrons. The fourth-order valence-electron chi connectivity index (χ4n) is 2.37. The molecule has 0 atom stereocenters. The van der Waals surface area contributed by atoms with Crippen molar-refractivity contribution in [2.24, 2.45) is 0 Å². The molecule has 0 radical (unpaired) electrons. The van der Waals surface area contributed by atoms with Gasteiger partial charge in [-0.1, -0.05) is 0 Å². The molecule has 0 saturated heterocycles. The van der Waals surface area contributed by atoms with Gasteiger partial charge in [-0.05, 0) is 36.4 Å². The predicted molar refractivity (Wildman–Crippen MR) is 88.4 cm³/mol. The zero-order chi connectivity index (χ0) is 15.7. The van der Waals surface area contributed by atoms with Gasteiger partial charge in [0, 0.05) is 30.1 Å². The summed E-state index contributed by atoms with van der Waals surface area (Å²) in [5.41, 5.74) is 8.22. The number of hydrogen-bond acceptors (Lipinski definition) is 5. The summed E-state index contributed by atoms with van der Waals surface area (Å²) in [5.74, 6) is 0.957. The maximum absolute atomic E-state index is 12.4. The highest BCUT2D eigenvalue weighted by molar-refractivity contribution is 5.93. The highest BCUT2D eigenvalue weighted by Gasteiger charge is 2.13. The average molecular weight is 296 g/mol. The molecule has 1 heterocycles. The third-order valence-corrected chi connectivity index (χ3v) is 3.55. The van der Waals surface area contributed by atoms with Crippen LogP contribution in [-0.4, -0.2) is 14.2 Å². The van der Waals surface area contributed by atoms with Crippen molar-refractivity contribution in [1.82, 2.24) is 0 Å². The fraction of sp³-hybridized carbons (Fsp3) is 0.118. The summed E-state index contributed by atoms with van der Waals surface area (Å²) < 4.78 is 11.1. The van der Waals surface area contributed by atoms with Crippen LogP contribution in [0.2, 0.25) is 0 Å². The van der Waals surface area contributed by atoms with Gasteiger partial charge in [-0.2, -0.15) is 0 Å². The topological polar surface area (TPSA) is 77.5 Å². The summed E-state index contributed by atoms with van der Waals surface area (Å²) in [4.78, 5) is 12.4. The molecule has 0 spiro atoms. The molecular weight excluding hydrogens is 280 g/mol. The van der Waals surface area contributed by atoms with Crippen molar-refractivity contribution in [3.05, 3.63) is 52.7 Å². The molecule has 0 amide bonds. The van der Waals surface area contributed by atoms with Gasteiger partial charge in [0.25, 0.3) is 0 Å². The predicted octanol–water partition coefficient (Wildman–Crippen LogP) is 3.09. The summed E-state index contributed by atoms with van der Waals surface area (Å²) in [5, 5.41) is 3.39. The van der Waals surface area contributed by atoms with Gasteiger partial charge in [-0.25, -0.2) is 0 Å². The van der Waals surface area contributed by atoms with Crippen molar-refractivity contribution in [3.8, 4) is 17.1 Å². The number of nitrogens with one attached hydrogen (secondary N) is 1. The molecule has 0 unspecified atom stereocenters. The number of methoxy groups -OCH3 is 1. The highest BCUT2D eigenvalue weighted by atomic mass is 16.5. The van der Waals surface area contributed by atoms with E-state index < -0.39 is 0 Å². The Hall–Kier alpha value is -2.95. The van der Waals surface area contributed by atoms with Gasteiger partial charge >= 0.3 is 0 Å². The second kappa shape index (κ2) is 5.44. The van der Waals surface area contributed by atoms with Crippen molar-refractivity contribution in [3.63, 3.8) is 0 Å². The van der Waals surface area contributed by atoms with Crippen LogP contribution in [0.4, 0.5) is 11.4 Å². The van der Waals surface area contributed by atoms with E-state index >= 15 is 0 Å². The molecule has 1 aromatic heterocycles. The van der Waals surface area contributed by atoms with Crippen molar-refractivity contribution >= 4 is 22.3 Å². The van der Waals surface area contributed by atoms with Gasteiger partial charge in [0.1, 0.15) is 5.76 Å². The van der Waals surface area contributed by atoms with E-state index in [1.807, 2.05) is 31.3 Å². The van der Waals surface area contributed by atoms with E-state index in [0.717, 1.165) is 11.3 Å². The Balaban J connectivity index is 2.25. The van der Waals surface area contributed by atoms with E-state index in [0.29, 0.717) is 28.2 Å². The maximum atomic E-state index is 12.4. The SMILES string of the molecule is CNc1ccc(-c2cc(=O)c3c(N)ccc(OC)c3o2)cc1. The van der Waals surface area contributed by atoms with Crippen molar-refractivity contribution in [2.75, 3.05) is 25.2 Å². The van der Waals surface area contributed by atoms with Crippen LogP contribution >= 0.6 is 0 Å². The minimum Gasteiger partial charge on any atom is -0.493 e. The van der Waals surface area contributed by atoms with E-state index in [2.05, 4.69) is 5.32 Å². The fourth-order valence-corrected chi connectivity index (χ4v) is 2.37. The zero-order valence-corrected chi connectivity index (χ0v) is 12.3. The maximum Gasteiger partial charge on any atom is 0.195 e. The lowest BCUT2D eigenvalue weighted by molar-refractivity contribution is 0.410. The first kappa shape index (κ1) is 14.0. The van der Waals surface area contributed by atoms with Crippen molar-refractivity contribution in [2.45, 2.75) is 0 Å². The number of benzene rings is 2. The van der Waals surface area contributed by atoms with E-state index in [1.54, 1.807) is 12.1 Å². The number of rotatable bonds is 3. The van der Waals surface area contributed by atoms with Crippen LogP contribution in [0.25, 0.3) is 22.3 Å². The van der Waals surface area contributed by atoms with Crippen LogP contribution in [0, 0.1) is 0 Å². The molecule has 3 N–H and O–H groups in total. The first-order valence-electron chi connectivity index (χ1n) is 6.82. The van der Waals surface area contributed by atoms with Crippen molar-refractivity contribution in [1.29, 1.82) is 0 Å². The summed E-state index contributed by atoms with van der Waals surface area (Å²) in [7, 11) is 3.37. The summed E-state index contributed by atoms with van der Waals surface area (Å²) in [6.07, 6.45) is 0. The summed E-state index contributed by atoms with van der Waals surface area (Å²) >= 11 is 0. The number of hydrogen-bond donors (Lipinski definition) is 2. The lowest BCUT2D eigenvalue weighted by Gasteiger charge is -2.09. The van der Waals surface area contributed by atoms with Crippen LogP contribution in [0.3, 0.4) is 0 Å². The molecule has 2 aromatic carbocycles. The zero-order valence-electron chi connectivity index (χ0n) is 12.3. The lowest BCUT2D eigenvalue weighted by atomic mass is 10.1. The van der Waals surface area contributed by atoms with Gasteiger partial charge in [-0.3, -0.25) is 4.79 Å². The van der Waals surface area contributed by atoms with Crippen LogP contribution in [-0.2, 0) is 0 Å². The molecule has 0 bridgehead atoms. The number of anilines is 2. The van der Waals surface area contributed by atoms with Gasteiger partial charge in [0.2, 0.25) is 0 Å². The first-order chi connectivity index (χ1) is 10.6. The molecular formula is C17H16N2O3. The Bertz CT molecular complexity index is 883. The Labute approximate surface area is 127 Å². The van der Waals surface area contributed by atoms with E-state index in [4.69, 9.17) is 14.9 Å². The van der Waals surface area contributed by atoms with Crippen LogP contribution in [0.1, 0.15) is 0 Å². The molecule has 0 aliphatic carbocycles. The van der Waals surface area contributed by atoms with Gasteiger partial charge in [0.15, 0.2) is 16.8 Å². The van der Waals surface area contributed by atoms with Crippen LogP contribution < -0.4 is 21.2 Å². The molecule has 0 fully saturated rings. The Morgan fingerprint density at radius 3 is 2.50 bits per heavy atom. The molecule has 3 aromatic rings. The van der Waals surface area contributed by atoms with E-state index in [-0.39, 0.29) is 5.43 Å². The van der Waals surface area contributed by atoms with Crippen LogP contribution in [0.15, 0.2) is 51.7 Å². The lowest BCUT2D eigenvalue weighted by Crippen LogP contribution is -2.04. The summed E-state index contributed by atoms with van der Waals surface area (Å²) in [6.45, 7) is 0. The Morgan fingerprint density at radius 1 is 1.14 bits per heavy atom. The normalized spacial score (nSPS) is 10.6. The third kappa shape index (κ3) is 2.26. The van der Waals surface area contributed by atoms with Crippen molar-refractivity contribution < 1.29 is 9.15 Å². The van der Waals surface area contributed by atoms with E-state index in [1.165, 1.54) is 13.2 Å². The third-order valence-electron chi connectivity index (χ3n) is 3.55. The Kier molecular flexibility index (Phi) is 3.47.